The lowest BCUT2D eigenvalue weighted by Gasteiger charge is -2.16. The molecule has 1 N–H and O–H groups in total. The average Bonchev–Trinajstić information content (AvgIpc) is 2.56. The molecule has 0 amide bonds. The van der Waals surface area contributed by atoms with E-state index in [1.54, 1.807) is 19.5 Å². The average molecular weight is 294 g/mol. The van der Waals surface area contributed by atoms with Crippen molar-refractivity contribution >= 4 is 16.7 Å². The number of nitrogens with one attached hydrogen (secondary N) is 1. The quantitative estimate of drug-likeness (QED) is 0.783. The molecule has 1 aromatic carbocycles. The molecule has 0 unspecified atom stereocenters. The van der Waals surface area contributed by atoms with Gasteiger partial charge in [-0.3, -0.25) is 4.98 Å². The molecule has 5 nitrogen and oxygen atoms in total. The first-order valence-electron chi connectivity index (χ1n) is 7.20. The summed E-state index contributed by atoms with van der Waals surface area (Å²) in [6, 6.07) is 12.0. The number of nitrogens with zero attached hydrogens (tertiary/aromatic N) is 3. The number of rotatable bonds is 5. The van der Waals surface area contributed by atoms with Gasteiger partial charge in [0, 0.05) is 36.5 Å². The third kappa shape index (κ3) is 3.04. The molecule has 0 saturated carbocycles. The van der Waals surface area contributed by atoms with Gasteiger partial charge < -0.3 is 10.1 Å². The van der Waals surface area contributed by atoms with Crippen LogP contribution in [-0.4, -0.2) is 34.7 Å². The number of anilines is 1. The number of ether oxygens (including phenoxy) is 1. The monoisotopic (exact) mass is 294 g/mol. The van der Waals surface area contributed by atoms with Crippen LogP contribution in [0.2, 0.25) is 0 Å². The standard InChI is InChI=1S/C17H18N4O/c1-12(11-22-2)19-17-14-7-3-4-8-15(14)20-16(21-17)13-6-5-9-18-10-13/h3-10,12H,11H2,1-2H3,(H,19,20,21)/t12-/m0/s1. The van der Waals surface area contributed by atoms with Gasteiger partial charge in [0.05, 0.1) is 12.1 Å². The van der Waals surface area contributed by atoms with Crippen molar-refractivity contribution in [3.05, 3.63) is 48.8 Å². The number of pyridine rings is 1. The summed E-state index contributed by atoms with van der Waals surface area (Å²) >= 11 is 0. The highest BCUT2D eigenvalue weighted by Crippen LogP contribution is 2.24. The summed E-state index contributed by atoms with van der Waals surface area (Å²) in [5.74, 6) is 1.48. The van der Waals surface area contributed by atoms with Crippen LogP contribution in [0.15, 0.2) is 48.8 Å². The normalized spacial score (nSPS) is 12.3. The fourth-order valence-corrected chi connectivity index (χ4v) is 2.34. The van der Waals surface area contributed by atoms with E-state index < -0.39 is 0 Å². The van der Waals surface area contributed by atoms with E-state index in [9.17, 15) is 0 Å². The van der Waals surface area contributed by atoms with E-state index in [1.165, 1.54) is 0 Å². The fraction of sp³-hybridized carbons (Fsp3) is 0.235. The van der Waals surface area contributed by atoms with Gasteiger partial charge in [0.2, 0.25) is 0 Å². The molecular weight excluding hydrogens is 276 g/mol. The minimum atomic E-state index is 0.157. The summed E-state index contributed by atoms with van der Waals surface area (Å²) in [5, 5.41) is 4.40. The highest BCUT2D eigenvalue weighted by atomic mass is 16.5. The lowest BCUT2D eigenvalue weighted by atomic mass is 10.2. The Bertz CT molecular complexity index is 761. The summed E-state index contributed by atoms with van der Waals surface area (Å²) in [5.41, 5.74) is 1.80. The zero-order chi connectivity index (χ0) is 15.4. The van der Waals surface area contributed by atoms with Gasteiger partial charge in [0.1, 0.15) is 5.82 Å². The molecule has 112 valence electrons. The second-order valence-corrected chi connectivity index (χ2v) is 5.16. The van der Waals surface area contributed by atoms with Gasteiger partial charge in [0.15, 0.2) is 5.82 Å². The second-order valence-electron chi connectivity index (χ2n) is 5.16. The number of aromatic nitrogens is 3. The maximum atomic E-state index is 5.19. The van der Waals surface area contributed by atoms with Crippen LogP contribution in [0.4, 0.5) is 5.82 Å². The predicted octanol–water partition coefficient (Wildman–Crippen LogP) is 3.14. The van der Waals surface area contributed by atoms with E-state index >= 15 is 0 Å². The molecule has 0 fully saturated rings. The molecule has 3 aromatic rings. The molecule has 1 atom stereocenters. The Labute approximate surface area is 129 Å². The number of hydrogen-bond donors (Lipinski definition) is 1. The highest BCUT2D eigenvalue weighted by Gasteiger charge is 2.11. The third-order valence-electron chi connectivity index (χ3n) is 3.32. The Balaban J connectivity index is 2.08. The Kier molecular flexibility index (Phi) is 4.25. The Hall–Kier alpha value is -2.53. The van der Waals surface area contributed by atoms with Crippen molar-refractivity contribution in [1.29, 1.82) is 0 Å². The lowest BCUT2D eigenvalue weighted by molar-refractivity contribution is 0.190. The van der Waals surface area contributed by atoms with Crippen LogP contribution in [0, 0.1) is 0 Å². The number of benzene rings is 1. The molecule has 5 heteroatoms. The van der Waals surface area contributed by atoms with Crippen LogP contribution in [0.3, 0.4) is 0 Å². The van der Waals surface area contributed by atoms with Crippen LogP contribution in [0.1, 0.15) is 6.92 Å². The van der Waals surface area contributed by atoms with Crippen molar-refractivity contribution in [3.8, 4) is 11.4 Å². The molecule has 0 aliphatic carbocycles. The molecule has 0 radical (unpaired) electrons. The number of fused-ring (bicyclic) bond motifs is 1. The van der Waals surface area contributed by atoms with Crippen molar-refractivity contribution in [3.63, 3.8) is 0 Å². The molecule has 22 heavy (non-hydrogen) atoms. The summed E-state index contributed by atoms with van der Waals surface area (Å²) in [6.07, 6.45) is 3.51. The van der Waals surface area contributed by atoms with Crippen LogP contribution >= 0.6 is 0 Å². The number of hydrogen-bond acceptors (Lipinski definition) is 5. The van der Waals surface area contributed by atoms with Gasteiger partial charge >= 0.3 is 0 Å². The fourth-order valence-electron chi connectivity index (χ4n) is 2.34. The predicted molar refractivity (Wildman–Crippen MR) is 87.7 cm³/mol. The summed E-state index contributed by atoms with van der Waals surface area (Å²) in [7, 11) is 1.69. The molecule has 0 aliphatic heterocycles. The summed E-state index contributed by atoms with van der Waals surface area (Å²) in [6.45, 7) is 2.67. The maximum Gasteiger partial charge on any atom is 0.163 e. The third-order valence-corrected chi connectivity index (χ3v) is 3.32. The smallest absolute Gasteiger partial charge is 0.163 e. The van der Waals surface area contributed by atoms with Crippen molar-refractivity contribution in [1.82, 2.24) is 15.0 Å². The van der Waals surface area contributed by atoms with Crippen LogP contribution in [-0.2, 0) is 4.74 Å². The van der Waals surface area contributed by atoms with E-state index in [1.807, 2.05) is 36.4 Å². The topological polar surface area (TPSA) is 59.9 Å². The van der Waals surface area contributed by atoms with Crippen molar-refractivity contribution in [2.75, 3.05) is 19.0 Å². The Morgan fingerprint density at radius 1 is 1.14 bits per heavy atom. The van der Waals surface area contributed by atoms with Crippen molar-refractivity contribution in [2.45, 2.75) is 13.0 Å². The molecular formula is C17H18N4O. The minimum Gasteiger partial charge on any atom is -0.383 e. The van der Waals surface area contributed by atoms with Crippen molar-refractivity contribution in [2.24, 2.45) is 0 Å². The van der Waals surface area contributed by atoms with Crippen LogP contribution in [0.25, 0.3) is 22.3 Å². The second kappa shape index (κ2) is 6.49. The van der Waals surface area contributed by atoms with Gasteiger partial charge in [0.25, 0.3) is 0 Å². The highest BCUT2D eigenvalue weighted by molar-refractivity contribution is 5.90. The van der Waals surface area contributed by atoms with E-state index in [0.717, 1.165) is 22.3 Å². The minimum absolute atomic E-state index is 0.157. The van der Waals surface area contributed by atoms with Crippen LogP contribution in [0.5, 0.6) is 0 Å². The number of methoxy groups -OCH3 is 1. The summed E-state index contributed by atoms with van der Waals surface area (Å²) in [4.78, 5) is 13.5. The molecule has 3 rings (SSSR count). The first kappa shape index (κ1) is 14.4. The zero-order valence-corrected chi connectivity index (χ0v) is 12.7. The first-order chi connectivity index (χ1) is 10.8. The van der Waals surface area contributed by atoms with E-state index in [0.29, 0.717) is 12.4 Å². The molecule has 0 spiro atoms. The van der Waals surface area contributed by atoms with Gasteiger partial charge in [-0.2, -0.15) is 0 Å². The molecule has 2 aromatic heterocycles. The zero-order valence-electron chi connectivity index (χ0n) is 12.7. The first-order valence-corrected chi connectivity index (χ1v) is 7.20. The van der Waals surface area contributed by atoms with Gasteiger partial charge in [-0.1, -0.05) is 12.1 Å². The van der Waals surface area contributed by atoms with Gasteiger partial charge in [-0.25, -0.2) is 9.97 Å². The van der Waals surface area contributed by atoms with E-state index in [2.05, 4.69) is 27.2 Å². The SMILES string of the molecule is COC[C@H](C)Nc1nc(-c2cccnc2)nc2ccccc12. The lowest BCUT2D eigenvalue weighted by Crippen LogP contribution is -2.21. The number of para-hydroxylation sites is 1. The van der Waals surface area contributed by atoms with E-state index in [4.69, 9.17) is 4.74 Å². The molecule has 0 saturated heterocycles. The van der Waals surface area contributed by atoms with E-state index in [-0.39, 0.29) is 6.04 Å². The van der Waals surface area contributed by atoms with Crippen LogP contribution < -0.4 is 5.32 Å². The molecule has 0 aliphatic rings. The van der Waals surface area contributed by atoms with Crippen molar-refractivity contribution < 1.29 is 4.74 Å². The maximum absolute atomic E-state index is 5.19. The van der Waals surface area contributed by atoms with Gasteiger partial charge in [-0.05, 0) is 31.2 Å². The molecule has 0 bridgehead atoms. The molecule has 2 heterocycles. The summed E-state index contributed by atoms with van der Waals surface area (Å²) < 4.78 is 5.19. The Morgan fingerprint density at radius 3 is 2.77 bits per heavy atom. The largest absolute Gasteiger partial charge is 0.383 e. The van der Waals surface area contributed by atoms with Gasteiger partial charge in [-0.15, -0.1) is 0 Å². The Morgan fingerprint density at radius 2 is 2.00 bits per heavy atom.